The van der Waals surface area contributed by atoms with Crippen molar-refractivity contribution in [3.05, 3.63) is 54.0 Å². The second-order valence-corrected chi connectivity index (χ2v) is 13.7. The summed E-state index contributed by atoms with van der Waals surface area (Å²) < 4.78 is 46.2. The third-order valence-electron chi connectivity index (χ3n) is 9.56. The molecule has 3 aliphatic rings. The molecule has 1 spiro atoms. The van der Waals surface area contributed by atoms with Crippen LogP contribution in [0.25, 0.3) is 5.52 Å². The SMILES string of the molecule is CCCC(C)(C)OC(=O)N1CCN(c2ccc(CN3CCC4(CCN(c5ncnn6cc(CC(F)(F)F)cc56)C4)C3)cc2)CC1. The van der Waals surface area contributed by atoms with Crippen molar-refractivity contribution in [1.82, 2.24) is 24.4 Å². The summed E-state index contributed by atoms with van der Waals surface area (Å²) in [6.07, 6.45) is 1.37. The van der Waals surface area contributed by atoms with Gasteiger partial charge in [0.1, 0.15) is 17.4 Å². The molecule has 3 aromatic rings. The van der Waals surface area contributed by atoms with Crippen molar-refractivity contribution in [2.24, 2.45) is 5.41 Å². The Balaban J connectivity index is 1.01. The van der Waals surface area contributed by atoms with Gasteiger partial charge in [-0.05, 0) is 69.0 Å². The number of benzene rings is 1. The van der Waals surface area contributed by atoms with E-state index in [4.69, 9.17) is 4.74 Å². The minimum atomic E-state index is -4.26. The van der Waals surface area contributed by atoms with Crippen LogP contribution in [0.15, 0.2) is 42.9 Å². The van der Waals surface area contributed by atoms with Crippen LogP contribution < -0.4 is 9.80 Å². The molecule has 3 saturated heterocycles. The minimum Gasteiger partial charge on any atom is -0.443 e. The largest absolute Gasteiger partial charge is 0.443 e. The van der Waals surface area contributed by atoms with E-state index in [1.54, 1.807) is 6.07 Å². The third-order valence-corrected chi connectivity index (χ3v) is 9.56. The normalized spacial score (nSPS) is 21.4. The molecule has 0 N–H and O–H groups in total. The summed E-state index contributed by atoms with van der Waals surface area (Å²) >= 11 is 0. The molecule has 244 valence electrons. The third kappa shape index (κ3) is 7.31. The molecule has 0 bridgehead atoms. The van der Waals surface area contributed by atoms with Gasteiger partial charge < -0.3 is 19.4 Å². The van der Waals surface area contributed by atoms with Crippen LogP contribution in [0.4, 0.5) is 29.5 Å². The molecule has 1 amide bonds. The first-order chi connectivity index (χ1) is 21.4. The molecular weight excluding hydrogens is 583 g/mol. The number of rotatable bonds is 8. The summed E-state index contributed by atoms with van der Waals surface area (Å²) in [5.74, 6) is 0.711. The number of halogens is 3. The standard InChI is InChI=1S/C33H44F3N7O2/c1-4-9-31(2,3)45-30(44)41-16-14-40(15-17-41)27-7-5-25(6-8-27)20-39-12-10-32(22-39)11-13-42(23-32)29-28-18-26(19-33(34,35)36)21-43(28)38-24-37-29/h5-8,18,21,24H,4,9-17,19-20,22-23H2,1-3H3. The van der Waals surface area contributed by atoms with Crippen molar-refractivity contribution in [2.45, 2.75) is 71.2 Å². The first kappa shape index (κ1) is 31.4. The van der Waals surface area contributed by atoms with E-state index < -0.39 is 18.2 Å². The molecule has 6 rings (SSSR count). The number of nitrogens with zero attached hydrogens (tertiary/aromatic N) is 7. The molecule has 0 aliphatic carbocycles. The topological polar surface area (TPSA) is 69.5 Å². The Labute approximate surface area is 262 Å². The van der Waals surface area contributed by atoms with Crippen LogP contribution in [-0.4, -0.2) is 94.6 Å². The molecule has 1 atom stereocenters. The molecule has 0 saturated carbocycles. The van der Waals surface area contributed by atoms with Crippen LogP contribution in [0.3, 0.4) is 0 Å². The number of aromatic nitrogens is 3. The highest BCUT2D eigenvalue weighted by atomic mass is 19.4. The summed E-state index contributed by atoms with van der Waals surface area (Å²) in [6.45, 7) is 13.4. The van der Waals surface area contributed by atoms with Gasteiger partial charge in [0, 0.05) is 69.7 Å². The quantitative estimate of drug-likeness (QED) is 0.314. The Hall–Kier alpha value is -3.54. The highest BCUT2D eigenvalue weighted by Gasteiger charge is 2.44. The van der Waals surface area contributed by atoms with Gasteiger partial charge >= 0.3 is 12.3 Å². The lowest BCUT2D eigenvalue weighted by molar-refractivity contribution is -0.127. The van der Waals surface area contributed by atoms with Gasteiger partial charge in [0.05, 0.1) is 6.42 Å². The van der Waals surface area contributed by atoms with Crippen molar-refractivity contribution in [3.63, 3.8) is 0 Å². The second kappa shape index (κ2) is 12.3. The molecule has 9 nitrogen and oxygen atoms in total. The second-order valence-electron chi connectivity index (χ2n) is 13.7. The summed E-state index contributed by atoms with van der Waals surface area (Å²) in [5.41, 5.74) is 2.97. The first-order valence-corrected chi connectivity index (χ1v) is 16.1. The number of anilines is 2. The van der Waals surface area contributed by atoms with Gasteiger partial charge in [0.15, 0.2) is 5.82 Å². The molecule has 45 heavy (non-hydrogen) atoms. The molecule has 0 radical (unpaired) electrons. The van der Waals surface area contributed by atoms with Gasteiger partial charge in [-0.2, -0.15) is 18.3 Å². The van der Waals surface area contributed by atoms with Crippen LogP contribution in [0.2, 0.25) is 0 Å². The average Bonchev–Trinajstić information content (AvgIpc) is 3.70. The number of carbonyl (C=O) groups excluding carboxylic acids is 1. The zero-order valence-corrected chi connectivity index (χ0v) is 26.5. The monoisotopic (exact) mass is 627 g/mol. The van der Waals surface area contributed by atoms with Crippen LogP contribution in [0, 0.1) is 5.41 Å². The van der Waals surface area contributed by atoms with Gasteiger partial charge in [-0.1, -0.05) is 25.5 Å². The zero-order valence-electron chi connectivity index (χ0n) is 26.5. The van der Waals surface area contributed by atoms with E-state index in [0.717, 1.165) is 71.5 Å². The average molecular weight is 628 g/mol. The van der Waals surface area contributed by atoms with Gasteiger partial charge in [-0.15, -0.1) is 0 Å². The van der Waals surface area contributed by atoms with Crippen molar-refractivity contribution in [3.8, 4) is 0 Å². The fourth-order valence-electron chi connectivity index (χ4n) is 7.33. The Morgan fingerprint density at radius 1 is 0.956 bits per heavy atom. The van der Waals surface area contributed by atoms with Gasteiger partial charge in [-0.25, -0.2) is 14.3 Å². The number of hydrogen-bond acceptors (Lipinski definition) is 7. The van der Waals surface area contributed by atoms with Gasteiger partial charge in [0.25, 0.3) is 0 Å². The molecular formula is C33H44F3N7O2. The highest BCUT2D eigenvalue weighted by molar-refractivity contribution is 5.70. The number of likely N-dealkylation sites (tertiary alicyclic amines) is 1. The molecule has 1 unspecified atom stereocenters. The van der Waals surface area contributed by atoms with E-state index in [2.05, 4.69) is 56.0 Å². The summed E-state index contributed by atoms with van der Waals surface area (Å²) in [5, 5.41) is 4.15. The van der Waals surface area contributed by atoms with E-state index in [9.17, 15) is 18.0 Å². The highest BCUT2D eigenvalue weighted by Crippen LogP contribution is 2.42. The van der Waals surface area contributed by atoms with Crippen LogP contribution in [0.5, 0.6) is 0 Å². The maximum absolute atomic E-state index is 13.0. The predicted molar refractivity (Wildman–Crippen MR) is 168 cm³/mol. The van der Waals surface area contributed by atoms with Gasteiger partial charge in [-0.3, -0.25) is 4.90 Å². The molecule has 5 heterocycles. The van der Waals surface area contributed by atoms with E-state index in [1.807, 2.05) is 18.7 Å². The van der Waals surface area contributed by atoms with E-state index in [1.165, 1.54) is 28.3 Å². The van der Waals surface area contributed by atoms with Crippen molar-refractivity contribution in [2.75, 3.05) is 62.2 Å². The van der Waals surface area contributed by atoms with Crippen LogP contribution in [-0.2, 0) is 17.7 Å². The number of carbonyl (C=O) groups is 1. The molecule has 3 aliphatic heterocycles. The van der Waals surface area contributed by atoms with E-state index in [0.29, 0.717) is 24.4 Å². The lowest BCUT2D eigenvalue weighted by atomic mass is 9.86. The van der Waals surface area contributed by atoms with Crippen molar-refractivity contribution < 1.29 is 22.7 Å². The van der Waals surface area contributed by atoms with Crippen LogP contribution in [0.1, 0.15) is 57.6 Å². The van der Waals surface area contributed by atoms with Crippen LogP contribution >= 0.6 is 0 Å². The maximum Gasteiger partial charge on any atom is 0.410 e. The summed E-state index contributed by atoms with van der Waals surface area (Å²) in [4.78, 5) is 26.0. The van der Waals surface area contributed by atoms with Gasteiger partial charge in [0.2, 0.25) is 0 Å². The maximum atomic E-state index is 13.0. The number of hydrogen-bond donors (Lipinski definition) is 0. The Morgan fingerprint density at radius 3 is 2.40 bits per heavy atom. The predicted octanol–water partition coefficient (Wildman–Crippen LogP) is 5.77. The van der Waals surface area contributed by atoms with E-state index in [-0.39, 0.29) is 17.1 Å². The number of piperazine rings is 1. The molecule has 12 heteroatoms. The lowest BCUT2D eigenvalue weighted by Crippen LogP contribution is -2.50. The number of amides is 1. The smallest absolute Gasteiger partial charge is 0.410 e. The molecule has 2 aromatic heterocycles. The number of fused-ring (bicyclic) bond motifs is 1. The fourth-order valence-corrected chi connectivity index (χ4v) is 7.33. The summed E-state index contributed by atoms with van der Waals surface area (Å²) in [7, 11) is 0. The van der Waals surface area contributed by atoms with E-state index >= 15 is 0 Å². The number of ether oxygens (including phenoxy) is 1. The first-order valence-electron chi connectivity index (χ1n) is 16.1. The van der Waals surface area contributed by atoms with Crippen molar-refractivity contribution in [1.29, 1.82) is 0 Å². The number of alkyl halides is 3. The lowest BCUT2D eigenvalue weighted by Gasteiger charge is -2.37. The Morgan fingerprint density at radius 2 is 1.69 bits per heavy atom. The summed E-state index contributed by atoms with van der Waals surface area (Å²) in [6, 6.07) is 10.3. The van der Waals surface area contributed by atoms with Crippen molar-refractivity contribution >= 4 is 23.1 Å². The molecule has 1 aromatic carbocycles. The Kier molecular flexibility index (Phi) is 8.62. The zero-order chi connectivity index (χ0) is 31.8. The Bertz CT molecular complexity index is 1480. The minimum absolute atomic E-state index is 0.149. The fraction of sp³-hybridized carbons (Fsp3) is 0.606. The molecule has 3 fully saturated rings.